The Morgan fingerprint density at radius 3 is 2.75 bits per heavy atom. The molecule has 11 heteroatoms. The lowest BCUT2D eigenvalue weighted by molar-refractivity contribution is 0.108. The monoisotopic (exact) mass is 619 g/mol. The molecule has 0 amide bonds. The number of nitrogens with zero attached hydrogens (tertiary/aromatic N) is 6. The van der Waals surface area contributed by atoms with E-state index in [0.29, 0.717) is 46.8 Å². The number of rotatable bonds is 8. The average molecular weight is 620 g/mol. The van der Waals surface area contributed by atoms with Crippen LogP contribution < -0.4 is 9.64 Å². The molecule has 3 aliphatic heterocycles. The van der Waals surface area contributed by atoms with Gasteiger partial charge < -0.3 is 14.4 Å². The Kier molecular flexibility index (Phi) is 7.14. The Balaban J connectivity index is 1.27. The Hall–Kier alpha value is -3.08. The van der Waals surface area contributed by atoms with Gasteiger partial charge in [0.1, 0.15) is 23.6 Å². The quantitative estimate of drug-likeness (QED) is 0.244. The first kappa shape index (κ1) is 28.4. The molecule has 9 nitrogen and oxygen atoms in total. The molecule has 1 saturated carbocycles. The van der Waals surface area contributed by atoms with Crippen molar-refractivity contribution in [3.05, 3.63) is 34.9 Å². The van der Waals surface area contributed by atoms with Gasteiger partial charge in [-0.05, 0) is 87.4 Å². The van der Waals surface area contributed by atoms with Crippen molar-refractivity contribution in [3.8, 4) is 17.3 Å². The fourth-order valence-corrected chi connectivity index (χ4v) is 8.58. The van der Waals surface area contributed by atoms with E-state index in [4.69, 9.17) is 36.0 Å². The molecular weight excluding hydrogens is 581 g/mol. The number of piperidine rings is 1. The highest BCUT2D eigenvalue weighted by Gasteiger charge is 2.45. The maximum absolute atomic E-state index is 17.1. The van der Waals surface area contributed by atoms with Gasteiger partial charge in [0.25, 0.3) is 0 Å². The van der Waals surface area contributed by atoms with Crippen LogP contribution in [0.5, 0.6) is 6.01 Å². The average Bonchev–Trinajstić information content (AvgIpc) is 3.31. The number of H-pyrrole nitrogens is 1. The van der Waals surface area contributed by atoms with E-state index in [9.17, 15) is 0 Å². The van der Waals surface area contributed by atoms with Crippen molar-refractivity contribution in [1.29, 1.82) is 0 Å². The normalized spacial score (nSPS) is 24.8. The number of fused-ring (bicyclic) bond motifs is 3. The number of benzene rings is 1. The lowest BCUT2D eigenvalue weighted by Crippen LogP contribution is -2.43. The van der Waals surface area contributed by atoms with Crippen LogP contribution in [0, 0.1) is 17.7 Å². The number of aromatic nitrogens is 5. The minimum Gasteiger partial charge on any atom is -0.461 e. The second-order valence-electron chi connectivity index (χ2n) is 13.4. The van der Waals surface area contributed by atoms with Crippen molar-refractivity contribution in [1.82, 2.24) is 30.0 Å². The summed E-state index contributed by atoms with van der Waals surface area (Å²) in [5.74, 6) is 1.20. The van der Waals surface area contributed by atoms with Gasteiger partial charge in [-0.25, -0.2) is 4.39 Å². The van der Waals surface area contributed by atoms with Crippen LogP contribution in [0.2, 0.25) is 5.02 Å². The molecule has 4 aliphatic rings. The number of anilines is 1. The van der Waals surface area contributed by atoms with Gasteiger partial charge in [-0.1, -0.05) is 18.5 Å². The summed E-state index contributed by atoms with van der Waals surface area (Å²) in [5.41, 5.74) is 2.79. The second-order valence-corrected chi connectivity index (χ2v) is 13.9. The maximum Gasteiger partial charge on any atom is 0.319 e. The summed E-state index contributed by atoms with van der Waals surface area (Å²) in [6.45, 7) is 7.32. The van der Waals surface area contributed by atoms with E-state index in [1.165, 1.54) is 19.3 Å². The summed E-state index contributed by atoms with van der Waals surface area (Å²) in [6, 6.07) is 2.11. The summed E-state index contributed by atoms with van der Waals surface area (Å²) in [7, 11) is 1.71. The first-order chi connectivity index (χ1) is 21.5. The predicted molar refractivity (Wildman–Crippen MR) is 169 cm³/mol. The summed E-state index contributed by atoms with van der Waals surface area (Å²) >= 11 is 6.90. The van der Waals surface area contributed by atoms with Crippen molar-refractivity contribution in [2.75, 3.05) is 51.4 Å². The molecule has 8 rings (SSSR count). The van der Waals surface area contributed by atoms with Gasteiger partial charge in [-0.3, -0.25) is 15.0 Å². The molecule has 0 unspecified atom stereocenters. The van der Waals surface area contributed by atoms with E-state index < -0.39 is 5.82 Å². The zero-order valence-corrected chi connectivity index (χ0v) is 26.2. The van der Waals surface area contributed by atoms with Crippen LogP contribution in [-0.4, -0.2) is 82.1 Å². The van der Waals surface area contributed by atoms with Crippen LogP contribution in [-0.2, 0) is 4.74 Å². The highest BCUT2D eigenvalue weighted by molar-refractivity contribution is 6.33. The van der Waals surface area contributed by atoms with E-state index in [-0.39, 0.29) is 28.7 Å². The molecule has 3 saturated heterocycles. The van der Waals surface area contributed by atoms with Gasteiger partial charge in [0.15, 0.2) is 5.82 Å². The third-order valence-electron chi connectivity index (χ3n) is 10.5. The second kappa shape index (κ2) is 11.1. The first-order valence-electron chi connectivity index (χ1n) is 16.1. The molecule has 0 bridgehead atoms. The lowest BCUT2D eigenvalue weighted by Gasteiger charge is -2.33. The Labute approximate surface area is 261 Å². The number of hydrogen-bond acceptors (Lipinski definition) is 8. The maximum atomic E-state index is 17.1. The molecular formula is C33H39ClFN7O2. The van der Waals surface area contributed by atoms with Gasteiger partial charge in [0.05, 0.1) is 22.6 Å². The van der Waals surface area contributed by atoms with E-state index in [1.54, 1.807) is 19.5 Å². The van der Waals surface area contributed by atoms with Crippen molar-refractivity contribution in [3.63, 3.8) is 0 Å². The SMILES string of the molecule is COC[C@@H]1C[C@@H]1c1c(Cl)cc2[nH]ncc2c1-c1ncc2c(N3CCC[C@@H](C)C3)nc(OCC34CCCN3CCC4)nc2c1F. The highest BCUT2D eigenvalue weighted by Crippen LogP contribution is 2.54. The molecule has 232 valence electrons. The molecule has 1 N–H and O–H groups in total. The number of ether oxygens (including phenoxy) is 2. The molecule has 3 atom stereocenters. The molecule has 1 aliphatic carbocycles. The fourth-order valence-electron chi connectivity index (χ4n) is 8.23. The van der Waals surface area contributed by atoms with Crippen LogP contribution in [0.25, 0.3) is 33.1 Å². The van der Waals surface area contributed by atoms with Gasteiger partial charge in [-0.15, -0.1) is 0 Å². The minimum absolute atomic E-state index is 0.0334. The molecule has 4 aromatic rings. The molecule has 0 radical (unpaired) electrons. The molecule has 4 fully saturated rings. The van der Waals surface area contributed by atoms with Crippen molar-refractivity contribution < 1.29 is 13.9 Å². The van der Waals surface area contributed by atoms with Gasteiger partial charge >= 0.3 is 6.01 Å². The zero-order chi connectivity index (χ0) is 30.0. The molecule has 0 spiro atoms. The van der Waals surface area contributed by atoms with Crippen molar-refractivity contribution >= 4 is 39.2 Å². The zero-order valence-electron chi connectivity index (χ0n) is 25.4. The topological polar surface area (TPSA) is 92.3 Å². The molecule has 6 heterocycles. The number of aromatic amines is 1. The van der Waals surface area contributed by atoms with Crippen molar-refractivity contribution in [2.45, 2.75) is 63.3 Å². The van der Waals surface area contributed by atoms with E-state index in [2.05, 4.69) is 26.9 Å². The minimum atomic E-state index is -0.488. The van der Waals surface area contributed by atoms with E-state index in [1.807, 2.05) is 6.07 Å². The number of hydrogen-bond donors (Lipinski definition) is 1. The highest BCUT2D eigenvalue weighted by atomic mass is 35.5. The summed E-state index contributed by atoms with van der Waals surface area (Å²) < 4.78 is 28.9. The van der Waals surface area contributed by atoms with E-state index >= 15 is 4.39 Å². The largest absolute Gasteiger partial charge is 0.461 e. The Bertz CT molecular complexity index is 1720. The summed E-state index contributed by atoms with van der Waals surface area (Å²) in [5, 5.41) is 9.24. The van der Waals surface area contributed by atoms with Crippen LogP contribution >= 0.6 is 11.6 Å². The smallest absolute Gasteiger partial charge is 0.319 e. The van der Waals surface area contributed by atoms with Crippen LogP contribution in [0.3, 0.4) is 0 Å². The summed E-state index contributed by atoms with van der Waals surface area (Å²) in [6.07, 6.45) is 11.2. The Morgan fingerprint density at radius 1 is 1.11 bits per heavy atom. The summed E-state index contributed by atoms with van der Waals surface area (Å²) in [4.78, 5) is 19.3. The number of halogens is 2. The number of pyridine rings is 1. The fraction of sp³-hybridized carbons (Fsp3) is 0.576. The van der Waals surface area contributed by atoms with Crippen molar-refractivity contribution in [2.24, 2.45) is 11.8 Å². The van der Waals surface area contributed by atoms with Gasteiger partial charge in [-0.2, -0.15) is 15.1 Å². The standard InChI is InChI=1S/C33H39ClFN7O2/c1-19-6-3-9-41(16-19)31-23-14-36-30(27-22-15-37-40-25(22)13-24(34)26(27)21-12-20(21)17-43-2)28(35)29(23)38-32(39-31)44-18-33-7-4-10-42(33)11-5-8-33/h13-15,19-21H,3-12,16-18H2,1-2H3,(H,37,40)/t19-,20+,21+/m1/s1. The van der Waals surface area contributed by atoms with Crippen LogP contribution in [0.4, 0.5) is 10.2 Å². The Morgan fingerprint density at radius 2 is 1.95 bits per heavy atom. The number of methoxy groups -OCH3 is 1. The molecule has 1 aromatic carbocycles. The van der Waals surface area contributed by atoms with Crippen LogP contribution in [0.15, 0.2) is 18.5 Å². The van der Waals surface area contributed by atoms with Gasteiger partial charge in [0, 0.05) is 49.0 Å². The predicted octanol–water partition coefficient (Wildman–Crippen LogP) is 6.35. The van der Waals surface area contributed by atoms with Crippen LogP contribution in [0.1, 0.15) is 63.4 Å². The molecule has 3 aromatic heterocycles. The molecule has 44 heavy (non-hydrogen) atoms. The van der Waals surface area contributed by atoms with E-state index in [0.717, 1.165) is 68.3 Å². The lowest BCUT2D eigenvalue weighted by atomic mass is 9.94. The third-order valence-corrected chi connectivity index (χ3v) is 10.8. The van der Waals surface area contributed by atoms with Gasteiger partial charge in [0.2, 0.25) is 0 Å². The third kappa shape index (κ3) is 4.72. The number of nitrogens with one attached hydrogen (secondary N) is 1. The first-order valence-corrected chi connectivity index (χ1v) is 16.5.